The largest absolute Gasteiger partial charge is 0.500 e. The first-order valence-electron chi connectivity index (χ1n) is 19.5. The summed E-state index contributed by atoms with van der Waals surface area (Å²) in [6.07, 6.45) is 20.7. The molecule has 0 amide bonds. The van der Waals surface area contributed by atoms with Gasteiger partial charge in [0.1, 0.15) is 0 Å². The normalized spacial score (nSPS) is 13.4. The predicted octanol–water partition coefficient (Wildman–Crippen LogP) is 11.7. The maximum atomic E-state index is 6.98. The summed E-state index contributed by atoms with van der Waals surface area (Å²) in [6, 6.07) is 16.0. The number of unbranched alkanes of at least 4 members (excludes halogenated alkanes) is 12. The highest BCUT2D eigenvalue weighted by atomic mass is 28.4. The lowest BCUT2D eigenvalue weighted by molar-refractivity contribution is 0.123. The van der Waals surface area contributed by atoms with Crippen LogP contribution >= 0.6 is 0 Å². The molecule has 4 nitrogen and oxygen atoms in total. The van der Waals surface area contributed by atoms with Gasteiger partial charge >= 0.3 is 8.80 Å². The van der Waals surface area contributed by atoms with Crippen molar-refractivity contribution < 1.29 is 17.4 Å². The molecule has 0 N–H and O–H groups in total. The van der Waals surface area contributed by atoms with Crippen LogP contribution in [0.3, 0.4) is 0 Å². The van der Waals surface area contributed by atoms with Gasteiger partial charge in [0.15, 0.2) is 16.6 Å². The van der Waals surface area contributed by atoms with Gasteiger partial charge in [0.25, 0.3) is 0 Å². The zero-order chi connectivity index (χ0) is 35.5. The van der Waals surface area contributed by atoms with Crippen LogP contribution in [0, 0.1) is 0 Å². The molecular formula is C38H80O4Si5. The van der Waals surface area contributed by atoms with Gasteiger partial charge < -0.3 is 17.4 Å². The third kappa shape index (κ3) is 18.8. The fraction of sp³-hybridized carbons (Fsp3) is 0.842. The van der Waals surface area contributed by atoms with Crippen LogP contribution in [0.2, 0.25) is 82.6 Å². The van der Waals surface area contributed by atoms with Crippen LogP contribution in [0.4, 0.5) is 0 Å². The number of benzene rings is 1. The molecule has 1 aromatic rings. The summed E-state index contributed by atoms with van der Waals surface area (Å²) in [5, 5.41) is 3.18. The summed E-state index contributed by atoms with van der Waals surface area (Å²) < 4.78 is 23.9. The quantitative estimate of drug-likeness (QED) is 0.0605. The zero-order valence-corrected chi connectivity index (χ0v) is 38.6. The van der Waals surface area contributed by atoms with Crippen molar-refractivity contribution in [3.05, 3.63) is 24.3 Å². The van der Waals surface area contributed by atoms with E-state index >= 15 is 0 Å². The highest BCUT2D eigenvalue weighted by molar-refractivity contribution is 6.91. The minimum Gasteiger partial charge on any atom is -0.455 e. The molecule has 0 atom stereocenters. The van der Waals surface area contributed by atoms with Gasteiger partial charge in [-0.3, -0.25) is 0 Å². The number of hydrogen-bond acceptors (Lipinski definition) is 4. The van der Waals surface area contributed by atoms with Crippen molar-refractivity contribution >= 4 is 52.0 Å². The Morgan fingerprint density at radius 3 is 1.09 bits per heavy atom. The maximum absolute atomic E-state index is 6.98. The van der Waals surface area contributed by atoms with Crippen molar-refractivity contribution in [3.8, 4) is 0 Å². The van der Waals surface area contributed by atoms with Crippen LogP contribution in [0.5, 0.6) is 0 Å². The van der Waals surface area contributed by atoms with Crippen LogP contribution in [-0.4, -0.2) is 62.9 Å². The minimum atomic E-state index is -2.48. The molecule has 0 fully saturated rings. The van der Waals surface area contributed by atoms with Crippen molar-refractivity contribution in [2.24, 2.45) is 0 Å². The average Bonchev–Trinajstić information content (AvgIpc) is 3.01. The first-order chi connectivity index (χ1) is 22.1. The summed E-state index contributed by atoms with van der Waals surface area (Å²) in [5.74, 6) is 0. The Balaban J connectivity index is 2.35. The van der Waals surface area contributed by atoms with Crippen LogP contribution in [-0.2, 0) is 17.4 Å². The van der Waals surface area contributed by atoms with Gasteiger partial charge in [0, 0.05) is 27.4 Å². The molecule has 1 aromatic carbocycles. The van der Waals surface area contributed by atoms with E-state index in [-0.39, 0.29) is 0 Å². The van der Waals surface area contributed by atoms with E-state index in [1.807, 2.05) is 0 Å². The maximum Gasteiger partial charge on any atom is 0.500 e. The zero-order valence-electron chi connectivity index (χ0n) is 33.6. The van der Waals surface area contributed by atoms with E-state index in [0.29, 0.717) is 0 Å². The van der Waals surface area contributed by atoms with Crippen molar-refractivity contribution in [3.63, 3.8) is 0 Å². The molecule has 9 heteroatoms. The van der Waals surface area contributed by atoms with Gasteiger partial charge in [0.2, 0.25) is 0 Å². The molecule has 0 unspecified atom stereocenters. The van der Waals surface area contributed by atoms with Gasteiger partial charge in [-0.15, -0.1) is 0 Å². The first-order valence-corrected chi connectivity index (χ1v) is 34.1. The topological polar surface area (TPSA) is 36.9 Å². The van der Waals surface area contributed by atoms with Crippen molar-refractivity contribution in [2.75, 3.05) is 21.3 Å². The van der Waals surface area contributed by atoms with E-state index in [1.54, 1.807) is 31.7 Å². The van der Waals surface area contributed by atoms with E-state index in [4.69, 9.17) is 17.4 Å². The minimum absolute atomic E-state index is 0.886. The van der Waals surface area contributed by atoms with Crippen LogP contribution in [0.15, 0.2) is 24.3 Å². The van der Waals surface area contributed by atoms with E-state index in [9.17, 15) is 0 Å². The second-order valence-corrected chi connectivity index (χ2v) is 38.6. The molecule has 0 bridgehead atoms. The molecule has 0 aliphatic rings. The molecule has 0 aliphatic carbocycles. The third-order valence-corrected chi connectivity index (χ3v) is 28.0. The lowest BCUT2D eigenvalue weighted by Gasteiger charge is -2.34. The SMILES string of the molecule is CCCCCCCCCCCC[Si](C)(C)O[Si](C)(C)CCCCCC[Si](C)(C)c1ccc([Si](C)(C)CCC[Si](OC)(OC)OC)cc1. The Kier molecular flexibility index (Phi) is 22.0. The van der Waals surface area contributed by atoms with E-state index in [2.05, 4.69) is 83.6 Å². The smallest absolute Gasteiger partial charge is 0.455 e. The van der Waals surface area contributed by atoms with Gasteiger partial charge in [0.05, 0.1) is 16.1 Å². The highest BCUT2D eigenvalue weighted by Gasteiger charge is 2.38. The summed E-state index contributed by atoms with van der Waals surface area (Å²) in [5.41, 5.74) is 0. The Morgan fingerprint density at radius 2 is 0.723 bits per heavy atom. The second kappa shape index (κ2) is 22.9. The highest BCUT2D eigenvalue weighted by Crippen LogP contribution is 2.27. The van der Waals surface area contributed by atoms with Crippen molar-refractivity contribution in [2.45, 2.75) is 186 Å². The monoisotopic (exact) mass is 740 g/mol. The summed E-state index contributed by atoms with van der Waals surface area (Å²) in [6.45, 7) is 22.4. The molecule has 0 radical (unpaired) electrons. The van der Waals surface area contributed by atoms with Gasteiger partial charge in [-0.2, -0.15) is 0 Å². The molecule has 0 aliphatic heterocycles. The van der Waals surface area contributed by atoms with Crippen LogP contribution < -0.4 is 10.4 Å². The number of hydrogen-bond donors (Lipinski definition) is 0. The lowest BCUT2D eigenvalue weighted by Crippen LogP contribution is -2.46. The van der Waals surface area contributed by atoms with Gasteiger partial charge in [-0.25, -0.2) is 0 Å². The van der Waals surface area contributed by atoms with E-state index in [1.165, 1.54) is 114 Å². The second-order valence-electron chi connectivity index (χ2n) is 17.0. The Labute approximate surface area is 299 Å². The van der Waals surface area contributed by atoms with Gasteiger partial charge in [-0.05, 0) is 38.3 Å². The predicted molar refractivity (Wildman–Crippen MR) is 222 cm³/mol. The van der Waals surface area contributed by atoms with E-state index < -0.39 is 41.6 Å². The fourth-order valence-corrected chi connectivity index (χ4v) is 23.3. The molecule has 0 heterocycles. The lowest BCUT2D eigenvalue weighted by atomic mass is 10.1. The Bertz CT molecular complexity index is 924. The summed E-state index contributed by atoms with van der Waals surface area (Å²) >= 11 is 0. The molecule has 276 valence electrons. The molecule has 0 saturated carbocycles. The molecule has 1 rings (SSSR count). The summed E-state index contributed by atoms with van der Waals surface area (Å²) in [4.78, 5) is 0. The first kappa shape index (κ1) is 45.2. The van der Waals surface area contributed by atoms with Crippen molar-refractivity contribution in [1.82, 2.24) is 0 Å². The molecule has 0 saturated heterocycles. The Morgan fingerprint density at radius 1 is 0.404 bits per heavy atom. The third-order valence-electron chi connectivity index (χ3n) is 10.7. The summed E-state index contributed by atoms with van der Waals surface area (Å²) in [7, 11) is -3.40. The molecular weight excluding hydrogens is 661 g/mol. The average molecular weight is 741 g/mol. The number of rotatable bonds is 29. The van der Waals surface area contributed by atoms with Crippen LogP contribution in [0.1, 0.15) is 103 Å². The molecule has 0 spiro atoms. The van der Waals surface area contributed by atoms with Gasteiger partial charge in [-0.1, -0.05) is 176 Å². The Hall–Kier alpha value is 0.144. The molecule has 0 aromatic heterocycles. The molecule has 47 heavy (non-hydrogen) atoms. The fourth-order valence-electron chi connectivity index (χ4n) is 7.32. The van der Waals surface area contributed by atoms with Crippen LogP contribution in [0.25, 0.3) is 0 Å². The van der Waals surface area contributed by atoms with E-state index in [0.717, 1.165) is 12.5 Å². The van der Waals surface area contributed by atoms with Crippen molar-refractivity contribution in [1.29, 1.82) is 0 Å². The standard InChI is InChI=1S/C38H80O4Si5/c1-13-14-15-16-17-18-19-20-21-25-34-45(9,10)42-46(11,12)35-26-23-22-24-32-43(5,6)37-28-30-38(31-29-37)44(7,8)33-27-36-47(39-2,40-3)41-4/h28-31H,13-27,32-36H2,1-12H3.